The first-order valence-electron chi connectivity index (χ1n) is 7.14. The highest BCUT2D eigenvalue weighted by atomic mass is 35.5. The molecule has 1 atom stereocenters. The average Bonchev–Trinajstić information content (AvgIpc) is 2.51. The van der Waals surface area contributed by atoms with Gasteiger partial charge in [-0.2, -0.15) is 0 Å². The van der Waals surface area contributed by atoms with Crippen LogP contribution in [0.3, 0.4) is 0 Å². The van der Waals surface area contributed by atoms with Crippen molar-refractivity contribution in [3.8, 4) is 0 Å². The third-order valence-electron chi connectivity index (χ3n) is 3.48. The molecule has 2 rings (SSSR count). The van der Waals surface area contributed by atoms with E-state index in [0.717, 1.165) is 11.3 Å². The monoisotopic (exact) mass is 367 g/mol. The van der Waals surface area contributed by atoms with Crippen molar-refractivity contribution in [3.63, 3.8) is 0 Å². The second-order valence-electron chi connectivity index (χ2n) is 5.34. The minimum Gasteiger partial charge on any atom is -0.374 e. The fourth-order valence-corrected chi connectivity index (χ4v) is 2.73. The fourth-order valence-electron chi connectivity index (χ4n) is 2.04. The molecule has 0 spiro atoms. The summed E-state index contributed by atoms with van der Waals surface area (Å²) in [5.41, 5.74) is 2.11. The van der Waals surface area contributed by atoms with Crippen LogP contribution in [0.2, 0.25) is 5.02 Å². The van der Waals surface area contributed by atoms with Gasteiger partial charge in [-0.05, 0) is 55.8 Å². The predicted octanol–water partition coefficient (Wildman–Crippen LogP) is 2.73. The molecule has 0 saturated carbocycles. The van der Waals surface area contributed by atoms with E-state index in [4.69, 9.17) is 16.7 Å². The third-order valence-corrected chi connectivity index (χ3v) is 4.82. The Kier molecular flexibility index (Phi) is 5.48. The summed E-state index contributed by atoms with van der Waals surface area (Å²) in [5.74, 6) is -0.266. The molecular formula is C16H18ClN3O3S. The maximum Gasteiger partial charge on any atom is 0.246 e. The first kappa shape index (κ1) is 18.3. The van der Waals surface area contributed by atoms with Crippen LogP contribution in [-0.4, -0.2) is 20.4 Å². The number of hydrogen-bond acceptors (Lipinski definition) is 4. The van der Waals surface area contributed by atoms with Crippen LogP contribution < -0.4 is 15.8 Å². The highest BCUT2D eigenvalue weighted by molar-refractivity contribution is 7.89. The van der Waals surface area contributed by atoms with Gasteiger partial charge in [-0.25, -0.2) is 13.6 Å². The molecule has 1 amide bonds. The van der Waals surface area contributed by atoms with Crippen molar-refractivity contribution < 1.29 is 13.2 Å². The zero-order valence-electron chi connectivity index (χ0n) is 13.2. The van der Waals surface area contributed by atoms with Crippen LogP contribution in [0.1, 0.15) is 12.5 Å². The molecule has 0 bridgehead atoms. The number of rotatable bonds is 5. The summed E-state index contributed by atoms with van der Waals surface area (Å²) in [5, 5.41) is 11.4. The van der Waals surface area contributed by atoms with E-state index in [0.29, 0.717) is 10.7 Å². The number of carbonyl (C=O) groups excluding carboxylic acids is 1. The Hall–Kier alpha value is -2.09. The zero-order chi connectivity index (χ0) is 17.9. The quantitative estimate of drug-likeness (QED) is 0.756. The SMILES string of the molecule is Cc1c(Cl)cccc1NC(C)C(=O)Nc1ccc(S(N)(=O)=O)cc1. The summed E-state index contributed by atoms with van der Waals surface area (Å²) in [6, 6.07) is 10.5. The van der Waals surface area contributed by atoms with E-state index in [1.165, 1.54) is 24.3 Å². The molecule has 0 saturated heterocycles. The van der Waals surface area contributed by atoms with Crippen molar-refractivity contribution in [1.29, 1.82) is 0 Å². The lowest BCUT2D eigenvalue weighted by Crippen LogP contribution is -2.32. The standard InChI is InChI=1S/C16H18ClN3O3S/c1-10-14(17)4-3-5-15(10)19-11(2)16(21)20-12-6-8-13(9-7-12)24(18,22)23/h3-9,11,19H,1-2H3,(H,20,21)(H2,18,22,23). The number of nitrogens with two attached hydrogens (primary N) is 1. The highest BCUT2D eigenvalue weighted by Crippen LogP contribution is 2.23. The Labute approximate surface area is 146 Å². The molecule has 0 heterocycles. The number of primary sulfonamides is 1. The Morgan fingerprint density at radius 3 is 2.38 bits per heavy atom. The Bertz CT molecular complexity index is 851. The number of hydrogen-bond donors (Lipinski definition) is 3. The summed E-state index contributed by atoms with van der Waals surface area (Å²) in [6.07, 6.45) is 0. The molecular weight excluding hydrogens is 350 g/mol. The third kappa shape index (κ3) is 4.47. The summed E-state index contributed by atoms with van der Waals surface area (Å²) in [4.78, 5) is 12.2. The number of sulfonamides is 1. The van der Waals surface area contributed by atoms with Gasteiger partial charge in [0.05, 0.1) is 4.90 Å². The molecule has 0 aliphatic rings. The normalized spacial score (nSPS) is 12.5. The minimum atomic E-state index is -3.75. The van der Waals surface area contributed by atoms with Crippen LogP contribution in [-0.2, 0) is 14.8 Å². The molecule has 2 aromatic carbocycles. The lowest BCUT2D eigenvalue weighted by molar-refractivity contribution is -0.116. The number of nitrogens with one attached hydrogen (secondary N) is 2. The molecule has 0 radical (unpaired) electrons. The van der Waals surface area contributed by atoms with Crippen LogP contribution in [0.25, 0.3) is 0 Å². The van der Waals surface area contributed by atoms with Crippen molar-refractivity contribution >= 4 is 38.9 Å². The van der Waals surface area contributed by atoms with Crippen LogP contribution in [0.5, 0.6) is 0 Å². The van der Waals surface area contributed by atoms with E-state index >= 15 is 0 Å². The van der Waals surface area contributed by atoms with Crippen LogP contribution in [0.15, 0.2) is 47.4 Å². The van der Waals surface area contributed by atoms with Crippen molar-refractivity contribution in [1.82, 2.24) is 0 Å². The Morgan fingerprint density at radius 1 is 1.17 bits per heavy atom. The molecule has 1 unspecified atom stereocenters. The van der Waals surface area contributed by atoms with Crippen LogP contribution in [0, 0.1) is 6.92 Å². The van der Waals surface area contributed by atoms with E-state index in [-0.39, 0.29) is 10.8 Å². The van der Waals surface area contributed by atoms with Gasteiger partial charge < -0.3 is 10.6 Å². The van der Waals surface area contributed by atoms with Crippen molar-refractivity contribution in [2.75, 3.05) is 10.6 Å². The second kappa shape index (κ2) is 7.21. The Morgan fingerprint density at radius 2 is 1.79 bits per heavy atom. The summed E-state index contributed by atoms with van der Waals surface area (Å²) in [7, 11) is -3.75. The van der Waals surface area contributed by atoms with Gasteiger partial charge in [-0.15, -0.1) is 0 Å². The molecule has 24 heavy (non-hydrogen) atoms. The maximum atomic E-state index is 12.2. The van der Waals surface area contributed by atoms with E-state index < -0.39 is 16.1 Å². The number of benzene rings is 2. The fraction of sp³-hybridized carbons (Fsp3) is 0.188. The number of halogens is 1. The van der Waals surface area contributed by atoms with Crippen molar-refractivity contribution in [3.05, 3.63) is 53.1 Å². The van der Waals surface area contributed by atoms with E-state index in [1.807, 2.05) is 13.0 Å². The number of carbonyl (C=O) groups is 1. The maximum absolute atomic E-state index is 12.2. The number of anilines is 2. The average molecular weight is 368 g/mol. The zero-order valence-corrected chi connectivity index (χ0v) is 14.8. The molecule has 4 N–H and O–H groups in total. The lowest BCUT2D eigenvalue weighted by atomic mass is 10.1. The van der Waals surface area contributed by atoms with E-state index in [9.17, 15) is 13.2 Å². The molecule has 0 aliphatic heterocycles. The Balaban J connectivity index is 2.05. The molecule has 8 heteroatoms. The van der Waals surface area contributed by atoms with Gasteiger partial charge in [-0.1, -0.05) is 17.7 Å². The van der Waals surface area contributed by atoms with Gasteiger partial charge in [0, 0.05) is 16.4 Å². The van der Waals surface area contributed by atoms with Crippen molar-refractivity contribution in [2.45, 2.75) is 24.8 Å². The van der Waals surface area contributed by atoms with Gasteiger partial charge in [0.2, 0.25) is 15.9 Å². The molecule has 0 fully saturated rings. The number of amides is 1. The molecule has 0 aromatic heterocycles. The van der Waals surface area contributed by atoms with Gasteiger partial charge in [-0.3, -0.25) is 4.79 Å². The van der Waals surface area contributed by atoms with Gasteiger partial charge in [0.15, 0.2) is 0 Å². The topological polar surface area (TPSA) is 101 Å². The molecule has 2 aromatic rings. The van der Waals surface area contributed by atoms with Gasteiger partial charge in [0.25, 0.3) is 0 Å². The van der Waals surface area contributed by atoms with Crippen LogP contribution >= 0.6 is 11.6 Å². The second-order valence-corrected chi connectivity index (χ2v) is 7.31. The largest absolute Gasteiger partial charge is 0.374 e. The molecule has 128 valence electrons. The van der Waals surface area contributed by atoms with Crippen molar-refractivity contribution in [2.24, 2.45) is 5.14 Å². The summed E-state index contributed by atoms with van der Waals surface area (Å²) < 4.78 is 22.4. The molecule has 6 nitrogen and oxygen atoms in total. The van der Waals surface area contributed by atoms with Crippen LogP contribution in [0.4, 0.5) is 11.4 Å². The lowest BCUT2D eigenvalue weighted by Gasteiger charge is -2.17. The predicted molar refractivity (Wildman–Crippen MR) is 95.7 cm³/mol. The smallest absolute Gasteiger partial charge is 0.246 e. The minimum absolute atomic E-state index is 0.0128. The van der Waals surface area contributed by atoms with Gasteiger partial charge >= 0.3 is 0 Å². The van der Waals surface area contributed by atoms with Gasteiger partial charge in [0.1, 0.15) is 6.04 Å². The van der Waals surface area contributed by atoms with E-state index in [2.05, 4.69) is 10.6 Å². The summed E-state index contributed by atoms with van der Waals surface area (Å²) >= 11 is 6.06. The first-order chi connectivity index (χ1) is 11.2. The highest BCUT2D eigenvalue weighted by Gasteiger charge is 2.15. The molecule has 0 aliphatic carbocycles. The first-order valence-corrected chi connectivity index (χ1v) is 9.06. The van der Waals surface area contributed by atoms with E-state index in [1.54, 1.807) is 19.1 Å². The summed E-state index contributed by atoms with van der Waals surface area (Å²) in [6.45, 7) is 3.58.